The van der Waals surface area contributed by atoms with Crippen molar-refractivity contribution in [2.75, 3.05) is 18.1 Å². The maximum Gasteiger partial charge on any atom is 0.389 e. The standard InChI is InChI=1S/C7H11F3O2S/c8-7(9,10)2-4-13-3-1-6(12)5-11/h11H,1-5H2. The number of carbonyl (C=O) groups is 1. The van der Waals surface area contributed by atoms with Crippen LogP contribution in [0.5, 0.6) is 0 Å². The van der Waals surface area contributed by atoms with Crippen LogP contribution in [0.4, 0.5) is 13.2 Å². The summed E-state index contributed by atoms with van der Waals surface area (Å²) in [5, 5.41) is 8.28. The van der Waals surface area contributed by atoms with Gasteiger partial charge in [-0.05, 0) is 0 Å². The molecule has 0 aliphatic carbocycles. The Morgan fingerprint density at radius 3 is 2.38 bits per heavy atom. The van der Waals surface area contributed by atoms with Gasteiger partial charge in [-0.2, -0.15) is 24.9 Å². The molecule has 0 aromatic carbocycles. The second-order valence-corrected chi connectivity index (χ2v) is 3.65. The van der Waals surface area contributed by atoms with E-state index in [1.54, 1.807) is 0 Å². The summed E-state index contributed by atoms with van der Waals surface area (Å²) in [7, 11) is 0. The first kappa shape index (κ1) is 12.8. The molecule has 1 N–H and O–H groups in total. The fourth-order valence-electron chi connectivity index (χ4n) is 0.555. The number of aliphatic hydroxyl groups excluding tert-OH is 1. The van der Waals surface area contributed by atoms with Gasteiger partial charge in [0.2, 0.25) is 0 Å². The smallest absolute Gasteiger partial charge is 0.389 e. The molecule has 6 heteroatoms. The van der Waals surface area contributed by atoms with Crippen LogP contribution in [0, 0.1) is 0 Å². The Balaban J connectivity index is 3.22. The van der Waals surface area contributed by atoms with E-state index in [-0.39, 0.29) is 18.0 Å². The summed E-state index contributed by atoms with van der Waals surface area (Å²) in [6.45, 7) is -0.528. The number of rotatable bonds is 6. The third-order valence-corrected chi connectivity index (χ3v) is 2.22. The van der Waals surface area contributed by atoms with E-state index < -0.39 is 19.2 Å². The van der Waals surface area contributed by atoms with Gasteiger partial charge in [0, 0.05) is 17.9 Å². The molecule has 2 nitrogen and oxygen atoms in total. The number of aliphatic hydroxyl groups is 1. The Morgan fingerprint density at radius 2 is 1.92 bits per heavy atom. The van der Waals surface area contributed by atoms with Crippen molar-refractivity contribution in [1.29, 1.82) is 0 Å². The zero-order chi connectivity index (χ0) is 10.3. The largest absolute Gasteiger partial charge is 0.389 e. The summed E-state index contributed by atoms with van der Waals surface area (Å²) in [6.07, 6.45) is -4.81. The normalized spacial score (nSPS) is 11.7. The topological polar surface area (TPSA) is 37.3 Å². The highest BCUT2D eigenvalue weighted by Crippen LogP contribution is 2.22. The summed E-state index contributed by atoms with van der Waals surface area (Å²) in [5.41, 5.74) is 0. The van der Waals surface area contributed by atoms with Crippen LogP contribution in [0.1, 0.15) is 12.8 Å². The van der Waals surface area contributed by atoms with Crippen LogP contribution in [-0.2, 0) is 4.79 Å². The maximum atomic E-state index is 11.6. The van der Waals surface area contributed by atoms with Crippen LogP contribution in [0.25, 0.3) is 0 Å². The number of alkyl halides is 3. The van der Waals surface area contributed by atoms with Gasteiger partial charge in [-0.3, -0.25) is 4.79 Å². The van der Waals surface area contributed by atoms with Gasteiger partial charge in [-0.25, -0.2) is 0 Å². The van der Waals surface area contributed by atoms with Gasteiger partial charge in [-0.1, -0.05) is 0 Å². The molecule has 0 aromatic heterocycles. The van der Waals surface area contributed by atoms with E-state index in [0.29, 0.717) is 5.75 Å². The average molecular weight is 216 g/mol. The van der Waals surface area contributed by atoms with Crippen LogP contribution < -0.4 is 0 Å². The zero-order valence-electron chi connectivity index (χ0n) is 6.93. The number of thioether (sulfide) groups is 1. The molecule has 0 aromatic rings. The van der Waals surface area contributed by atoms with Crippen molar-refractivity contribution in [3.63, 3.8) is 0 Å². The van der Waals surface area contributed by atoms with Gasteiger partial charge in [-0.15, -0.1) is 0 Å². The molecule has 0 fully saturated rings. The summed E-state index contributed by atoms with van der Waals surface area (Å²) < 4.78 is 34.8. The number of halogens is 3. The molecule has 0 saturated carbocycles. The lowest BCUT2D eigenvalue weighted by atomic mass is 10.3. The Labute approximate surface area is 78.5 Å². The minimum Gasteiger partial charge on any atom is -0.389 e. The van der Waals surface area contributed by atoms with Crippen molar-refractivity contribution in [3.8, 4) is 0 Å². The van der Waals surface area contributed by atoms with E-state index >= 15 is 0 Å². The highest BCUT2D eigenvalue weighted by atomic mass is 32.2. The molecule has 0 bridgehead atoms. The molecule has 0 spiro atoms. The van der Waals surface area contributed by atoms with Crippen molar-refractivity contribution >= 4 is 17.5 Å². The van der Waals surface area contributed by atoms with Gasteiger partial charge in [0.15, 0.2) is 5.78 Å². The first-order valence-electron chi connectivity index (χ1n) is 3.73. The first-order valence-corrected chi connectivity index (χ1v) is 4.88. The lowest BCUT2D eigenvalue weighted by Gasteiger charge is -2.04. The van der Waals surface area contributed by atoms with Crippen LogP contribution in [0.3, 0.4) is 0 Å². The molecule has 0 radical (unpaired) electrons. The minimum atomic E-state index is -4.12. The summed E-state index contributed by atoms with van der Waals surface area (Å²) in [4.78, 5) is 10.5. The van der Waals surface area contributed by atoms with Crippen molar-refractivity contribution in [2.24, 2.45) is 0 Å². The molecule has 0 unspecified atom stereocenters. The highest BCUT2D eigenvalue weighted by Gasteiger charge is 2.25. The van der Waals surface area contributed by atoms with Crippen molar-refractivity contribution in [1.82, 2.24) is 0 Å². The molecule has 13 heavy (non-hydrogen) atoms. The van der Waals surface area contributed by atoms with E-state index in [9.17, 15) is 18.0 Å². The third kappa shape index (κ3) is 9.69. The third-order valence-electron chi connectivity index (χ3n) is 1.23. The van der Waals surface area contributed by atoms with E-state index in [1.165, 1.54) is 0 Å². The Bertz CT molecular complexity index is 158. The fraction of sp³-hybridized carbons (Fsp3) is 0.857. The van der Waals surface area contributed by atoms with Crippen LogP contribution in [-0.4, -0.2) is 35.2 Å². The fourth-order valence-corrected chi connectivity index (χ4v) is 1.51. The van der Waals surface area contributed by atoms with Gasteiger partial charge < -0.3 is 5.11 Å². The molecule has 0 heterocycles. The Kier molecular flexibility index (Phi) is 6.15. The molecule has 0 atom stereocenters. The second kappa shape index (κ2) is 6.26. The SMILES string of the molecule is O=C(CO)CCSCCC(F)(F)F. The van der Waals surface area contributed by atoms with Crippen LogP contribution >= 0.6 is 11.8 Å². The molecule has 0 saturated heterocycles. The summed E-state index contributed by atoms with van der Waals surface area (Å²) >= 11 is 1.07. The number of carbonyl (C=O) groups excluding carboxylic acids is 1. The van der Waals surface area contributed by atoms with Crippen molar-refractivity contribution < 1.29 is 23.1 Å². The average Bonchev–Trinajstić information content (AvgIpc) is 2.01. The zero-order valence-corrected chi connectivity index (χ0v) is 7.75. The Hall–Kier alpha value is -0.230. The quantitative estimate of drug-likeness (QED) is 0.685. The van der Waals surface area contributed by atoms with E-state index in [2.05, 4.69) is 0 Å². The highest BCUT2D eigenvalue weighted by molar-refractivity contribution is 7.99. The number of Topliss-reactive ketones (excluding diaryl/α,β-unsaturated/α-hetero) is 1. The Morgan fingerprint density at radius 1 is 1.31 bits per heavy atom. The van der Waals surface area contributed by atoms with Gasteiger partial charge in [0.05, 0.1) is 6.42 Å². The monoisotopic (exact) mass is 216 g/mol. The van der Waals surface area contributed by atoms with E-state index in [1.807, 2.05) is 0 Å². The molecule has 0 aliphatic heterocycles. The van der Waals surface area contributed by atoms with E-state index in [4.69, 9.17) is 5.11 Å². The molecule has 0 aliphatic rings. The molecular weight excluding hydrogens is 205 g/mol. The molecule has 0 rings (SSSR count). The van der Waals surface area contributed by atoms with Gasteiger partial charge >= 0.3 is 6.18 Å². The minimum absolute atomic E-state index is 0.0256. The molecular formula is C7H11F3O2S. The molecule has 78 valence electrons. The first-order chi connectivity index (χ1) is 5.95. The number of hydrogen-bond acceptors (Lipinski definition) is 3. The van der Waals surface area contributed by atoms with Crippen LogP contribution in [0.15, 0.2) is 0 Å². The van der Waals surface area contributed by atoms with Gasteiger partial charge in [0.25, 0.3) is 0 Å². The summed E-state index contributed by atoms with van der Waals surface area (Å²) in [5.74, 6) is -0.0166. The van der Waals surface area contributed by atoms with Gasteiger partial charge in [0.1, 0.15) is 6.61 Å². The summed E-state index contributed by atoms with van der Waals surface area (Å²) in [6, 6.07) is 0. The van der Waals surface area contributed by atoms with Crippen molar-refractivity contribution in [3.05, 3.63) is 0 Å². The maximum absolute atomic E-state index is 11.6. The second-order valence-electron chi connectivity index (χ2n) is 2.42. The lowest BCUT2D eigenvalue weighted by Crippen LogP contribution is -2.09. The van der Waals surface area contributed by atoms with Crippen molar-refractivity contribution in [2.45, 2.75) is 19.0 Å². The molecule has 0 amide bonds. The van der Waals surface area contributed by atoms with Crippen LogP contribution in [0.2, 0.25) is 0 Å². The van der Waals surface area contributed by atoms with E-state index in [0.717, 1.165) is 11.8 Å². The lowest BCUT2D eigenvalue weighted by molar-refractivity contribution is -0.129. The number of ketones is 1. The predicted molar refractivity (Wildman–Crippen MR) is 44.7 cm³/mol. The number of hydrogen-bond donors (Lipinski definition) is 1. The predicted octanol–water partition coefficient (Wildman–Crippen LogP) is 1.62.